The molecule has 1 rings (SSSR count). The summed E-state index contributed by atoms with van der Waals surface area (Å²) >= 11 is 0. The van der Waals surface area contributed by atoms with Crippen molar-refractivity contribution in [3.63, 3.8) is 0 Å². The van der Waals surface area contributed by atoms with Crippen LogP contribution in [0.1, 0.15) is 0 Å². The summed E-state index contributed by atoms with van der Waals surface area (Å²) in [6, 6.07) is 0. The number of amides is 1. The molecular formula is C3H5N2O3. The number of rotatable bonds is 0. The molecule has 1 fully saturated rings. The van der Waals surface area contributed by atoms with Gasteiger partial charge in [-0.1, -0.05) is 0 Å². The van der Waals surface area contributed by atoms with Gasteiger partial charge in [-0.2, -0.15) is 0 Å². The molecule has 0 aromatic heterocycles. The molecule has 1 aliphatic rings. The standard InChI is InChI=1S/C3H5N2O3/c6-3-1-4(7)2-5(3)8/h5H,1-2H2. The molecule has 45 valence electrons. The fraction of sp³-hybridized carbons (Fsp3) is 0.667. The molecular weight excluding hydrogens is 112 g/mol. The van der Waals surface area contributed by atoms with E-state index in [1.54, 1.807) is 0 Å². The number of nitrogens with one attached hydrogen (secondary N) is 1. The third-order valence-electron chi connectivity index (χ3n) is 0.951. The van der Waals surface area contributed by atoms with Gasteiger partial charge in [-0.25, -0.2) is 4.79 Å². The Kier molecular flexibility index (Phi) is 1.26. The lowest BCUT2D eigenvalue weighted by Crippen LogP contribution is -3.08. The lowest BCUT2D eigenvalue weighted by Gasteiger charge is -2.06. The number of nitrogens with zero attached hydrogens (tertiary/aromatic N) is 1. The predicted molar refractivity (Wildman–Crippen MR) is 24.6 cm³/mol. The number of hydroxylamine groups is 4. The van der Waals surface area contributed by atoms with E-state index in [4.69, 9.17) is 0 Å². The Hall–Kier alpha value is -0.490. The molecule has 5 heteroatoms. The van der Waals surface area contributed by atoms with Crippen LogP contribution in [0.5, 0.6) is 0 Å². The molecule has 0 aromatic rings. The summed E-state index contributed by atoms with van der Waals surface area (Å²) < 4.78 is 0. The quantitative estimate of drug-likeness (QED) is 0.281. The summed E-state index contributed by atoms with van der Waals surface area (Å²) in [5, 5.41) is 20.2. The first kappa shape index (κ1) is 5.64. The second kappa shape index (κ2) is 1.79. The fourth-order valence-corrected chi connectivity index (χ4v) is 0.553. The van der Waals surface area contributed by atoms with Crippen molar-refractivity contribution in [3.05, 3.63) is 10.4 Å². The lowest BCUT2D eigenvalue weighted by molar-refractivity contribution is -0.759. The molecule has 0 saturated carbocycles. The molecule has 1 amide bonds. The molecule has 0 aromatic carbocycles. The van der Waals surface area contributed by atoms with E-state index >= 15 is 0 Å². The van der Waals surface area contributed by atoms with E-state index in [1.165, 1.54) is 0 Å². The first-order valence-corrected chi connectivity index (χ1v) is 2.18. The maximum atomic E-state index is 10.2. The maximum Gasteiger partial charge on any atom is 0.376 e. The van der Waals surface area contributed by atoms with Crippen LogP contribution in [0.2, 0.25) is 0 Å². The second-order valence-corrected chi connectivity index (χ2v) is 1.64. The van der Waals surface area contributed by atoms with Gasteiger partial charge >= 0.3 is 5.91 Å². The average molecular weight is 117 g/mol. The van der Waals surface area contributed by atoms with Gasteiger partial charge in [0.1, 0.15) is 0 Å². The van der Waals surface area contributed by atoms with Crippen molar-refractivity contribution in [1.29, 1.82) is 0 Å². The smallest absolute Gasteiger partial charge is 0.376 e. The van der Waals surface area contributed by atoms with Crippen LogP contribution < -0.4 is 10.1 Å². The highest BCUT2D eigenvalue weighted by Gasteiger charge is 2.29. The Morgan fingerprint density at radius 2 is 2.38 bits per heavy atom. The van der Waals surface area contributed by atoms with Gasteiger partial charge in [-0.05, 0) is 0 Å². The first-order chi connectivity index (χ1) is 3.70. The number of quaternary nitrogens is 1. The Morgan fingerprint density at radius 1 is 1.75 bits per heavy atom. The van der Waals surface area contributed by atoms with E-state index in [1.807, 2.05) is 0 Å². The Labute approximate surface area is 45.6 Å². The number of carbonyl (C=O) groups excluding carboxylic acids is 1. The monoisotopic (exact) mass is 117 g/mol. The van der Waals surface area contributed by atoms with E-state index in [-0.39, 0.29) is 13.2 Å². The van der Waals surface area contributed by atoms with Crippen LogP contribution in [0.15, 0.2) is 0 Å². The van der Waals surface area contributed by atoms with E-state index in [0.29, 0.717) is 5.06 Å². The van der Waals surface area contributed by atoms with Crippen LogP contribution in [0.4, 0.5) is 0 Å². The highest BCUT2D eigenvalue weighted by molar-refractivity contribution is 5.71. The predicted octanol–water partition coefficient (Wildman–Crippen LogP) is -2.50. The van der Waals surface area contributed by atoms with Crippen molar-refractivity contribution in [2.45, 2.75) is 0 Å². The topological polar surface area (TPSA) is 73.5 Å². The molecule has 1 heterocycles. The second-order valence-electron chi connectivity index (χ2n) is 1.64. The third-order valence-corrected chi connectivity index (χ3v) is 0.951. The summed E-state index contributed by atoms with van der Waals surface area (Å²) in [5.74, 6) is -0.569. The Balaban J connectivity index is 2.51. The summed E-state index contributed by atoms with van der Waals surface area (Å²) in [6.07, 6.45) is 0. The van der Waals surface area contributed by atoms with Gasteiger partial charge in [0.25, 0.3) is 6.67 Å². The third kappa shape index (κ3) is 0.846. The van der Waals surface area contributed by atoms with Crippen LogP contribution in [0.25, 0.3) is 0 Å². The van der Waals surface area contributed by atoms with E-state index in [9.17, 15) is 15.2 Å². The Morgan fingerprint density at radius 3 is 2.50 bits per heavy atom. The zero-order chi connectivity index (χ0) is 6.15. The zero-order valence-electron chi connectivity index (χ0n) is 4.09. The molecule has 1 unspecified atom stereocenters. The largest absolute Gasteiger partial charge is 0.622 e. The van der Waals surface area contributed by atoms with Crippen molar-refractivity contribution in [2.75, 3.05) is 13.2 Å². The minimum atomic E-state index is -0.569. The summed E-state index contributed by atoms with van der Waals surface area (Å²) in [4.78, 5) is 10.2. The number of hydrogen-bond donors (Lipinski definition) is 1. The molecule has 0 spiro atoms. The summed E-state index contributed by atoms with van der Waals surface area (Å²) in [6.45, 7) is -0.502. The molecule has 8 heavy (non-hydrogen) atoms. The highest BCUT2D eigenvalue weighted by Crippen LogP contribution is 1.77. The van der Waals surface area contributed by atoms with Gasteiger partial charge in [0.05, 0.1) is 0 Å². The number of carbonyl (C=O) groups is 1. The van der Waals surface area contributed by atoms with Crippen LogP contribution in [-0.2, 0) is 4.79 Å². The van der Waals surface area contributed by atoms with Gasteiger partial charge < -0.3 is 10.4 Å². The van der Waals surface area contributed by atoms with Crippen molar-refractivity contribution in [2.24, 2.45) is 0 Å². The highest BCUT2D eigenvalue weighted by atomic mass is 16.6. The first-order valence-electron chi connectivity index (χ1n) is 2.18. The summed E-state index contributed by atoms with van der Waals surface area (Å²) in [5.41, 5.74) is 0. The van der Waals surface area contributed by atoms with Crippen LogP contribution in [0.3, 0.4) is 0 Å². The zero-order valence-corrected chi connectivity index (χ0v) is 4.09. The van der Waals surface area contributed by atoms with Gasteiger partial charge in [0.15, 0.2) is 0 Å². The van der Waals surface area contributed by atoms with Gasteiger partial charge in [0, 0.05) is 0 Å². The minimum absolute atomic E-state index is 0.251. The van der Waals surface area contributed by atoms with Crippen molar-refractivity contribution >= 4 is 5.91 Å². The van der Waals surface area contributed by atoms with Crippen LogP contribution in [0, 0.1) is 10.4 Å². The summed E-state index contributed by atoms with van der Waals surface area (Å²) in [7, 11) is 0. The molecule has 1 radical (unpaired) electrons. The number of hydrogen-bond acceptors (Lipinski definition) is 4. The molecule has 1 saturated heterocycles. The van der Waals surface area contributed by atoms with E-state index in [2.05, 4.69) is 0 Å². The SMILES string of the molecule is O=C1C[N+]([O-])C[NH+]1[O-]. The lowest BCUT2D eigenvalue weighted by atomic mass is 10.6. The molecule has 1 atom stereocenters. The van der Waals surface area contributed by atoms with Crippen LogP contribution >= 0.6 is 0 Å². The van der Waals surface area contributed by atoms with E-state index < -0.39 is 11.0 Å². The Bertz CT molecular complexity index is 115. The minimum Gasteiger partial charge on any atom is -0.622 e. The average Bonchev–Trinajstić information content (AvgIpc) is 1.85. The van der Waals surface area contributed by atoms with Gasteiger partial charge in [0.2, 0.25) is 6.54 Å². The molecule has 1 aliphatic heterocycles. The normalized spacial score (nSPS) is 31.8. The van der Waals surface area contributed by atoms with Crippen molar-refractivity contribution < 1.29 is 9.86 Å². The molecule has 1 N–H and O–H groups in total. The molecule has 0 aliphatic carbocycles. The van der Waals surface area contributed by atoms with Crippen molar-refractivity contribution in [3.8, 4) is 0 Å². The fourth-order valence-electron chi connectivity index (χ4n) is 0.553. The van der Waals surface area contributed by atoms with E-state index in [0.717, 1.165) is 0 Å². The van der Waals surface area contributed by atoms with Crippen LogP contribution in [-0.4, -0.2) is 19.1 Å². The van der Waals surface area contributed by atoms with Crippen molar-refractivity contribution in [1.82, 2.24) is 5.06 Å². The van der Waals surface area contributed by atoms with Gasteiger partial charge in [-0.15, -0.1) is 5.06 Å². The maximum absolute atomic E-state index is 10.2. The molecule has 5 nitrogen and oxygen atoms in total. The van der Waals surface area contributed by atoms with Gasteiger partial charge in [-0.3, -0.25) is 5.06 Å². The molecule has 0 bridgehead atoms.